The van der Waals surface area contributed by atoms with Crippen molar-refractivity contribution in [2.75, 3.05) is 38.0 Å². The second kappa shape index (κ2) is 8.18. The van der Waals surface area contributed by atoms with E-state index in [0.717, 1.165) is 37.4 Å². The zero-order valence-corrected chi connectivity index (χ0v) is 16.8. The molecule has 1 aromatic carbocycles. The van der Waals surface area contributed by atoms with Crippen molar-refractivity contribution in [2.45, 2.75) is 20.5 Å². The number of pyridine rings is 1. The lowest BCUT2D eigenvalue weighted by Gasteiger charge is -2.33. The van der Waals surface area contributed by atoms with Crippen molar-refractivity contribution in [3.63, 3.8) is 0 Å². The van der Waals surface area contributed by atoms with Crippen LogP contribution in [0.1, 0.15) is 11.1 Å². The highest BCUT2D eigenvalue weighted by Crippen LogP contribution is 2.18. The van der Waals surface area contributed by atoms with Crippen LogP contribution in [-0.2, 0) is 11.5 Å². The van der Waals surface area contributed by atoms with E-state index in [1.54, 1.807) is 10.6 Å². The van der Waals surface area contributed by atoms with Gasteiger partial charge in [0.1, 0.15) is 0 Å². The van der Waals surface area contributed by atoms with Gasteiger partial charge in [-0.3, -0.25) is 19.0 Å². The molecule has 1 amide bonds. The predicted octanol–water partition coefficient (Wildman–Crippen LogP) is 1.33. The Morgan fingerprint density at radius 3 is 2.55 bits per heavy atom. The zero-order chi connectivity index (χ0) is 20.4. The van der Waals surface area contributed by atoms with Crippen molar-refractivity contribution in [2.24, 2.45) is 0 Å². The molecule has 29 heavy (non-hydrogen) atoms. The Labute approximate surface area is 169 Å². The van der Waals surface area contributed by atoms with Crippen molar-refractivity contribution < 1.29 is 4.79 Å². The molecule has 1 saturated heterocycles. The molecule has 1 N–H and O–H groups in total. The topological polar surface area (TPSA) is 74.9 Å². The van der Waals surface area contributed by atoms with Crippen LogP contribution in [-0.4, -0.2) is 62.6 Å². The second-order valence-electron chi connectivity index (χ2n) is 7.54. The Kier molecular flexibility index (Phi) is 5.46. The number of benzene rings is 1. The Morgan fingerprint density at radius 2 is 1.79 bits per heavy atom. The SMILES string of the molecule is Cc1cccc(NC(=O)CN2CCN(Cn3nc4ccccn4c3=O)CC2)c1C. The lowest BCUT2D eigenvalue weighted by molar-refractivity contribution is -0.117. The molecule has 3 aromatic rings. The normalized spacial score (nSPS) is 15.7. The summed E-state index contributed by atoms with van der Waals surface area (Å²) < 4.78 is 3.05. The van der Waals surface area contributed by atoms with Crippen LogP contribution in [0.15, 0.2) is 47.4 Å². The van der Waals surface area contributed by atoms with Crippen LogP contribution in [0.3, 0.4) is 0 Å². The maximum absolute atomic E-state index is 12.4. The molecule has 0 aliphatic carbocycles. The fourth-order valence-corrected chi connectivity index (χ4v) is 3.62. The van der Waals surface area contributed by atoms with Crippen molar-refractivity contribution in [3.8, 4) is 0 Å². The van der Waals surface area contributed by atoms with Gasteiger partial charge in [-0.05, 0) is 43.2 Å². The molecule has 0 bridgehead atoms. The maximum Gasteiger partial charge on any atom is 0.351 e. The number of carbonyl (C=O) groups excluding carboxylic acids is 1. The number of aromatic nitrogens is 3. The third-order valence-corrected chi connectivity index (χ3v) is 5.53. The monoisotopic (exact) mass is 394 g/mol. The molecule has 0 unspecified atom stereocenters. The summed E-state index contributed by atoms with van der Waals surface area (Å²) >= 11 is 0. The standard InChI is InChI=1S/C21H26N6O2/c1-16-6-5-7-18(17(16)2)22-20(28)14-24-10-12-25(13-11-24)15-27-21(29)26-9-4-3-8-19(26)23-27/h3-9H,10-15H2,1-2H3,(H,22,28). The summed E-state index contributed by atoms with van der Waals surface area (Å²) in [6, 6.07) is 11.4. The molecule has 0 atom stereocenters. The van der Waals surface area contributed by atoms with Crippen LogP contribution in [0.25, 0.3) is 5.65 Å². The number of fused-ring (bicyclic) bond motifs is 1. The average molecular weight is 394 g/mol. The van der Waals surface area contributed by atoms with Crippen molar-refractivity contribution in [3.05, 3.63) is 64.2 Å². The molecule has 4 rings (SSSR count). The first-order valence-corrected chi connectivity index (χ1v) is 9.86. The number of nitrogens with one attached hydrogen (secondary N) is 1. The highest BCUT2D eigenvalue weighted by Gasteiger charge is 2.20. The van der Waals surface area contributed by atoms with E-state index in [1.165, 1.54) is 10.2 Å². The number of piperazine rings is 1. The summed E-state index contributed by atoms with van der Waals surface area (Å²) in [5.41, 5.74) is 3.66. The van der Waals surface area contributed by atoms with Crippen LogP contribution < -0.4 is 11.0 Å². The first kappa shape index (κ1) is 19.4. The minimum absolute atomic E-state index is 0.00344. The molecule has 1 fully saturated rings. The number of amides is 1. The minimum atomic E-state index is -0.129. The summed E-state index contributed by atoms with van der Waals surface area (Å²) in [6.07, 6.45) is 1.73. The van der Waals surface area contributed by atoms with Crippen LogP contribution in [0, 0.1) is 13.8 Å². The molecular weight excluding hydrogens is 368 g/mol. The number of hydrogen-bond donors (Lipinski definition) is 1. The highest BCUT2D eigenvalue weighted by atomic mass is 16.2. The van der Waals surface area contributed by atoms with Crippen LogP contribution in [0.4, 0.5) is 5.69 Å². The number of aryl methyl sites for hydroxylation is 1. The molecule has 8 nitrogen and oxygen atoms in total. The van der Waals surface area contributed by atoms with E-state index in [4.69, 9.17) is 0 Å². The van der Waals surface area contributed by atoms with Gasteiger partial charge in [-0.1, -0.05) is 18.2 Å². The van der Waals surface area contributed by atoms with Gasteiger partial charge < -0.3 is 5.32 Å². The van der Waals surface area contributed by atoms with Gasteiger partial charge in [0, 0.05) is 38.1 Å². The Hall–Kier alpha value is -2.97. The molecule has 0 radical (unpaired) electrons. The minimum Gasteiger partial charge on any atom is -0.325 e. The van der Waals surface area contributed by atoms with Crippen LogP contribution in [0.2, 0.25) is 0 Å². The van der Waals surface area contributed by atoms with Crippen LogP contribution >= 0.6 is 0 Å². The molecule has 0 saturated carbocycles. The summed E-state index contributed by atoms with van der Waals surface area (Å²) in [7, 11) is 0. The number of anilines is 1. The Balaban J connectivity index is 1.30. The van der Waals surface area contributed by atoms with Crippen LogP contribution in [0.5, 0.6) is 0 Å². The second-order valence-corrected chi connectivity index (χ2v) is 7.54. The largest absolute Gasteiger partial charge is 0.351 e. The van der Waals surface area contributed by atoms with Gasteiger partial charge in [-0.25, -0.2) is 4.79 Å². The summed E-state index contributed by atoms with van der Waals surface area (Å²) in [6.45, 7) is 8.03. The van der Waals surface area contributed by atoms with Crippen molar-refractivity contribution in [1.82, 2.24) is 24.0 Å². The lowest BCUT2D eigenvalue weighted by atomic mass is 10.1. The van der Waals surface area contributed by atoms with E-state index in [9.17, 15) is 9.59 Å². The predicted molar refractivity (Wildman–Crippen MR) is 112 cm³/mol. The molecular formula is C21H26N6O2. The van der Waals surface area contributed by atoms with Gasteiger partial charge in [0.05, 0.1) is 13.2 Å². The molecule has 0 spiro atoms. The van der Waals surface area contributed by atoms with E-state index in [0.29, 0.717) is 18.9 Å². The van der Waals surface area contributed by atoms with E-state index in [2.05, 4.69) is 20.2 Å². The third-order valence-electron chi connectivity index (χ3n) is 5.53. The maximum atomic E-state index is 12.4. The van der Waals surface area contributed by atoms with Gasteiger partial charge in [0.2, 0.25) is 5.91 Å². The van der Waals surface area contributed by atoms with E-state index < -0.39 is 0 Å². The number of hydrogen-bond acceptors (Lipinski definition) is 5. The third kappa shape index (κ3) is 4.23. The first-order valence-electron chi connectivity index (χ1n) is 9.86. The van der Waals surface area contributed by atoms with Gasteiger partial charge in [0.15, 0.2) is 5.65 Å². The number of carbonyl (C=O) groups is 1. The molecule has 1 aliphatic heterocycles. The van der Waals surface area contributed by atoms with Gasteiger partial charge in [-0.2, -0.15) is 4.68 Å². The fourth-order valence-electron chi connectivity index (χ4n) is 3.62. The Bertz CT molecular complexity index is 1080. The molecule has 2 aromatic heterocycles. The molecule has 8 heteroatoms. The van der Waals surface area contributed by atoms with Gasteiger partial charge >= 0.3 is 5.69 Å². The zero-order valence-electron chi connectivity index (χ0n) is 16.8. The summed E-state index contributed by atoms with van der Waals surface area (Å²) in [4.78, 5) is 29.2. The van der Waals surface area contributed by atoms with Crippen molar-refractivity contribution in [1.29, 1.82) is 0 Å². The number of rotatable bonds is 5. The van der Waals surface area contributed by atoms with E-state index in [-0.39, 0.29) is 11.6 Å². The van der Waals surface area contributed by atoms with Gasteiger partial charge in [-0.15, -0.1) is 5.10 Å². The highest BCUT2D eigenvalue weighted by molar-refractivity contribution is 5.93. The number of nitrogens with zero attached hydrogens (tertiary/aromatic N) is 5. The Morgan fingerprint density at radius 1 is 1.03 bits per heavy atom. The quantitative estimate of drug-likeness (QED) is 0.707. The van der Waals surface area contributed by atoms with Gasteiger partial charge in [0.25, 0.3) is 0 Å². The van der Waals surface area contributed by atoms with E-state index >= 15 is 0 Å². The molecule has 3 heterocycles. The first-order chi connectivity index (χ1) is 14.0. The smallest absolute Gasteiger partial charge is 0.325 e. The molecule has 1 aliphatic rings. The van der Waals surface area contributed by atoms with Crippen molar-refractivity contribution >= 4 is 17.2 Å². The summed E-state index contributed by atoms with van der Waals surface area (Å²) in [5.74, 6) is 0.00344. The summed E-state index contributed by atoms with van der Waals surface area (Å²) in [5, 5.41) is 7.40. The lowest BCUT2D eigenvalue weighted by Crippen LogP contribution is -2.49. The fraction of sp³-hybridized carbons (Fsp3) is 0.381. The van der Waals surface area contributed by atoms with E-state index in [1.807, 2.05) is 50.2 Å². The molecule has 152 valence electrons. The average Bonchev–Trinajstić information content (AvgIpc) is 3.03.